The van der Waals surface area contributed by atoms with E-state index in [0.29, 0.717) is 23.6 Å². The molecular weight excluding hydrogens is 233 g/mol. The SMILES string of the molecule is COc1cc(C(C)(C)F)cc(/C=C/CN)c1OC. The summed E-state index contributed by atoms with van der Waals surface area (Å²) in [5.74, 6) is 1.09. The molecule has 3 nitrogen and oxygen atoms in total. The first-order valence-electron chi connectivity index (χ1n) is 5.76. The predicted octanol–water partition coefficient (Wildman–Crippen LogP) is 2.88. The summed E-state index contributed by atoms with van der Waals surface area (Å²) in [5.41, 5.74) is 5.28. The predicted molar refractivity (Wildman–Crippen MR) is 71.8 cm³/mol. The minimum absolute atomic E-state index is 0.411. The number of hydrogen-bond donors (Lipinski definition) is 1. The molecule has 1 aromatic carbocycles. The summed E-state index contributed by atoms with van der Waals surface area (Å²) in [7, 11) is 3.08. The summed E-state index contributed by atoms with van der Waals surface area (Å²) in [6.45, 7) is 3.42. The Morgan fingerprint density at radius 3 is 2.39 bits per heavy atom. The maximum atomic E-state index is 14.0. The largest absolute Gasteiger partial charge is 0.493 e. The molecule has 0 spiro atoms. The summed E-state index contributed by atoms with van der Waals surface area (Å²) in [6, 6.07) is 3.39. The van der Waals surface area contributed by atoms with E-state index in [4.69, 9.17) is 15.2 Å². The van der Waals surface area contributed by atoms with Crippen molar-refractivity contribution in [1.82, 2.24) is 0 Å². The Labute approximate surface area is 107 Å². The highest BCUT2D eigenvalue weighted by atomic mass is 19.1. The Balaban J connectivity index is 3.40. The Morgan fingerprint density at radius 1 is 1.28 bits per heavy atom. The van der Waals surface area contributed by atoms with Crippen LogP contribution in [0, 0.1) is 0 Å². The lowest BCUT2D eigenvalue weighted by Gasteiger charge is -2.19. The Hall–Kier alpha value is -1.55. The number of methoxy groups -OCH3 is 2. The second-order valence-corrected chi connectivity index (χ2v) is 4.41. The van der Waals surface area contributed by atoms with E-state index in [1.165, 1.54) is 21.0 Å². The first-order chi connectivity index (χ1) is 8.43. The summed E-state index contributed by atoms with van der Waals surface area (Å²) < 4.78 is 24.6. The molecule has 0 saturated carbocycles. The smallest absolute Gasteiger partial charge is 0.167 e. The number of halogens is 1. The molecule has 0 radical (unpaired) electrons. The van der Waals surface area contributed by atoms with Crippen LogP contribution in [0.1, 0.15) is 25.0 Å². The lowest BCUT2D eigenvalue weighted by atomic mass is 9.96. The number of hydrogen-bond acceptors (Lipinski definition) is 3. The van der Waals surface area contributed by atoms with Gasteiger partial charge in [-0.2, -0.15) is 0 Å². The van der Waals surface area contributed by atoms with Crippen LogP contribution in [-0.2, 0) is 5.67 Å². The molecule has 2 N–H and O–H groups in total. The van der Waals surface area contributed by atoms with E-state index in [1.54, 1.807) is 31.4 Å². The molecule has 0 amide bonds. The molecule has 0 fully saturated rings. The highest BCUT2D eigenvalue weighted by Gasteiger charge is 2.22. The van der Waals surface area contributed by atoms with Gasteiger partial charge in [0.05, 0.1) is 14.2 Å². The molecule has 0 aliphatic rings. The Morgan fingerprint density at radius 2 is 1.94 bits per heavy atom. The molecule has 0 aliphatic heterocycles. The summed E-state index contributed by atoms with van der Waals surface area (Å²) in [6.07, 6.45) is 3.59. The average Bonchev–Trinajstić information content (AvgIpc) is 2.33. The van der Waals surface area contributed by atoms with E-state index in [1.807, 2.05) is 0 Å². The van der Waals surface area contributed by atoms with Crippen LogP contribution in [0.25, 0.3) is 6.08 Å². The van der Waals surface area contributed by atoms with Gasteiger partial charge in [0.1, 0.15) is 5.67 Å². The minimum atomic E-state index is -1.44. The van der Waals surface area contributed by atoms with Crippen LogP contribution >= 0.6 is 0 Å². The van der Waals surface area contributed by atoms with Crippen molar-refractivity contribution in [1.29, 1.82) is 0 Å². The van der Waals surface area contributed by atoms with Gasteiger partial charge >= 0.3 is 0 Å². The molecular formula is C14H20FNO2. The quantitative estimate of drug-likeness (QED) is 0.877. The third-order valence-electron chi connectivity index (χ3n) is 2.63. The third-order valence-corrected chi connectivity index (χ3v) is 2.63. The zero-order valence-corrected chi connectivity index (χ0v) is 11.3. The molecule has 0 unspecified atom stereocenters. The Kier molecular flexibility index (Phi) is 4.73. The number of benzene rings is 1. The van der Waals surface area contributed by atoms with Gasteiger partial charge in [0, 0.05) is 12.1 Å². The van der Waals surface area contributed by atoms with Crippen molar-refractivity contribution in [3.63, 3.8) is 0 Å². The monoisotopic (exact) mass is 253 g/mol. The van der Waals surface area contributed by atoms with E-state index < -0.39 is 5.67 Å². The van der Waals surface area contributed by atoms with Crippen LogP contribution in [-0.4, -0.2) is 20.8 Å². The second kappa shape index (κ2) is 5.87. The van der Waals surface area contributed by atoms with Crippen molar-refractivity contribution in [3.05, 3.63) is 29.3 Å². The summed E-state index contributed by atoms with van der Waals surface area (Å²) >= 11 is 0. The van der Waals surface area contributed by atoms with Gasteiger partial charge in [-0.1, -0.05) is 12.2 Å². The summed E-state index contributed by atoms with van der Waals surface area (Å²) in [5, 5.41) is 0. The highest BCUT2D eigenvalue weighted by Crippen LogP contribution is 2.37. The van der Waals surface area contributed by atoms with Crippen molar-refractivity contribution in [3.8, 4) is 11.5 Å². The molecule has 0 aromatic heterocycles. The molecule has 1 aromatic rings. The topological polar surface area (TPSA) is 44.5 Å². The van der Waals surface area contributed by atoms with Crippen molar-refractivity contribution in [2.24, 2.45) is 5.73 Å². The van der Waals surface area contributed by atoms with Crippen molar-refractivity contribution in [2.45, 2.75) is 19.5 Å². The van der Waals surface area contributed by atoms with Crippen LogP contribution in [0.5, 0.6) is 11.5 Å². The zero-order valence-electron chi connectivity index (χ0n) is 11.3. The van der Waals surface area contributed by atoms with Crippen molar-refractivity contribution in [2.75, 3.05) is 20.8 Å². The molecule has 4 heteroatoms. The van der Waals surface area contributed by atoms with Gasteiger partial charge in [0.15, 0.2) is 11.5 Å². The lowest BCUT2D eigenvalue weighted by molar-refractivity contribution is 0.220. The number of rotatable bonds is 5. The van der Waals surface area contributed by atoms with Gasteiger partial charge in [0.25, 0.3) is 0 Å². The van der Waals surface area contributed by atoms with E-state index in [-0.39, 0.29) is 0 Å². The maximum absolute atomic E-state index is 14.0. The van der Waals surface area contributed by atoms with Crippen LogP contribution in [0.4, 0.5) is 4.39 Å². The van der Waals surface area contributed by atoms with Crippen molar-refractivity contribution < 1.29 is 13.9 Å². The van der Waals surface area contributed by atoms with Crippen LogP contribution in [0.15, 0.2) is 18.2 Å². The first kappa shape index (κ1) is 14.5. The van der Waals surface area contributed by atoms with Gasteiger partial charge in [-0.15, -0.1) is 0 Å². The minimum Gasteiger partial charge on any atom is -0.493 e. The fraction of sp³-hybridized carbons (Fsp3) is 0.429. The van der Waals surface area contributed by atoms with E-state index >= 15 is 0 Å². The van der Waals surface area contributed by atoms with Gasteiger partial charge in [-0.3, -0.25) is 0 Å². The van der Waals surface area contributed by atoms with Gasteiger partial charge < -0.3 is 15.2 Å². The van der Waals surface area contributed by atoms with Crippen LogP contribution in [0.2, 0.25) is 0 Å². The normalized spacial score (nSPS) is 11.9. The average molecular weight is 253 g/mol. The molecule has 100 valence electrons. The van der Waals surface area contributed by atoms with Crippen LogP contribution < -0.4 is 15.2 Å². The van der Waals surface area contributed by atoms with E-state index in [2.05, 4.69) is 0 Å². The van der Waals surface area contributed by atoms with Gasteiger partial charge in [-0.05, 0) is 31.5 Å². The molecule has 0 bridgehead atoms. The van der Waals surface area contributed by atoms with E-state index in [0.717, 1.165) is 5.56 Å². The van der Waals surface area contributed by atoms with Crippen molar-refractivity contribution >= 4 is 6.08 Å². The first-order valence-corrected chi connectivity index (χ1v) is 5.76. The molecule has 0 aliphatic carbocycles. The molecule has 0 heterocycles. The fourth-order valence-corrected chi connectivity index (χ4v) is 1.66. The van der Waals surface area contributed by atoms with Gasteiger partial charge in [0.2, 0.25) is 0 Å². The highest BCUT2D eigenvalue weighted by molar-refractivity contribution is 5.64. The van der Waals surface area contributed by atoms with Gasteiger partial charge in [-0.25, -0.2) is 4.39 Å². The number of nitrogens with two attached hydrogens (primary N) is 1. The fourth-order valence-electron chi connectivity index (χ4n) is 1.66. The Bertz CT molecular complexity index is 436. The third kappa shape index (κ3) is 3.23. The molecule has 1 rings (SSSR count). The maximum Gasteiger partial charge on any atom is 0.167 e. The lowest BCUT2D eigenvalue weighted by Crippen LogP contribution is -2.10. The summed E-state index contributed by atoms with van der Waals surface area (Å²) in [4.78, 5) is 0. The molecule has 18 heavy (non-hydrogen) atoms. The molecule has 0 saturated heterocycles. The zero-order chi connectivity index (χ0) is 13.8. The molecule has 0 atom stereocenters. The number of ether oxygens (including phenoxy) is 2. The second-order valence-electron chi connectivity index (χ2n) is 4.41. The standard InChI is InChI=1S/C14H20FNO2/c1-14(2,15)11-8-10(6-5-7-16)13(18-4)12(9-11)17-3/h5-6,8-9H,7,16H2,1-4H3/b6-5+. The number of alkyl halides is 1. The van der Waals surface area contributed by atoms with Crippen LogP contribution in [0.3, 0.4) is 0 Å². The van der Waals surface area contributed by atoms with E-state index in [9.17, 15) is 4.39 Å².